The highest BCUT2D eigenvalue weighted by molar-refractivity contribution is 5.94. The van der Waals surface area contributed by atoms with Crippen molar-refractivity contribution >= 4 is 5.91 Å². The Morgan fingerprint density at radius 3 is 2.77 bits per heavy atom. The zero-order valence-corrected chi connectivity index (χ0v) is 18.6. The molecule has 1 fully saturated rings. The van der Waals surface area contributed by atoms with Gasteiger partial charge in [0.25, 0.3) is 5.91 Å². The molecule has 6 nitrogen and oxygen atoms in total. The van der Waals surface area contributed by atoms with E-state index in [-0.39, 0.29) is 11.9 Å². The van der Waals surface area contributed by atoms with Gasteiger partial charge in [0.1, 0.15) is 5.69 Å². The zero-order chi connectivity index (χ0) is 21.4. The molecule has 0 spiro atoms. The van der Waals surface area contributed by atoms with Gasteiger partial charge in [-0.25, -0.2) is 0 Å². The summed E-state index contributed by atoms with van der Waals surface area (Å²) in [5.41, 5.74) is 8.12. The summed E-state index contributed by atoms with van der Waals surface area (Å²) in [4.78, 5) is 15.4. The second-order valence-corrected chi connectivity index (χ2v) is 8.45. The predicted octanol–water partition coefficient (Wildman–Crippen LogP) is 4.89. The largest absolute Gasteiger partial charge is 0.330 e. The van der Waals surface area contributed by atoms with E-state index < -0.39 is 0 Å². The summed E-state index contributed by atoms with van der Waals surface area (Å²) in [6.45, 7) is 12.1. The van der Waals surface area contributed by atoms with Crippen LogP contribution in [0.25, 0.3) is 11.3 Å². The van der Waals surface area contributed by atoms with Gasteiger partial charge in [0.2, 0.25) is 0 Å². The van der Waals surface area contributed by atoms with Crippen molar-refractivity contribution in [2.75, 3.05) is 6.54 Å². The third kappa shape index (κ3) is 3.55. The number of hydrogen-bond acceptors (Lipinski definition) is 3. The molecule has 1 aliphatic rings. The van der Waals surface area contributed by atoms with Gasteiger partial charge in [0.05, 0.1) is 17.4 Å². The Morgan fingerprint density at radius 2 is 2.00 bits per heavy atom. The number of nitrogens with zero attached hydrogens (tertiary/aromatic N) is 4. The lowest BCUT2D eigenvalue weighted by molar-refractivity contribution is 0.0729. The van der Waals surface area contributed by atoms with Gasteiger partial charge >= 0.3 is 0 Å². The number of carbonyl (C=O) groups is 1. The average molecular weight is 406 g/mol. The second-order valence-electron chi connectivity index (χ2n) is 8.45. The first-order valence-corrected chi connectivity index (χ1v) is 10.9. The van der Waals surface area contributed by atoms with Crippen LogP contribution in [0.1, 0.15) is 70.8 Å². The Balaban J connectivity index is 1.62. The Hall–Kier alpha value is -2.89. The van der Waals surface area contributed by atoms with E-state index in [0.717, 1.165) is 55.0 Å². The fourth-order valence-electron chi connectivity index (χ4n) is 4.66. The van der Waals surface area contributed by atoms with E-state index in [9.17, 15) is 4.79 Å². The minimum Gasteiger partial charge on any atom is -0.330 e. The lowest BCUT2D eigenvalue weighted by Crippen LogP contribution is -2.31. The van der Waals surface area contributed by atoms with Crippen LogP contribution >= 0.6 is 0 Å². The molecule has 1 saturated heterocycles. The van der Waals surface area contributed by atoms with Gasteiger partial charge < -0.3 is 4.90 Å². The van der Waals surface area contributed by atoms with Crippen LogP contribution < -0.4 is 0 Å². The average Bonchev–Trinajstić information content (AvgIpc) is 3.43. The smallest absolute Gasteiger partial charge is 0.272 e. The van der Waals surface area contributed by atoms with E-state index in [2.05, 4.69) is 61.2 Å². The third-order valence-electron chi connectivity index (χ3n) is 6.19. The molecule has 3 aromatic rings. The summed E-state index contributed by atoms with van der Waals surface area (Å²) in [6, 6.07) is 8.51. The maximum Gasteiger partial charge on any atom is 0.272 e. The third-order valence-corrected chi connectivity index (χ3v) is 6.19. The molecule has 0 radical (unpaired) electrons. The zero-order valence-electron chi connectivity index (χ0n) is 18.6. The van der Waals surface area contributed by atoms with E-state index in [1.807, 2.05) is 22.6 Å². The lowest BCUT2D eigenvalue weighted by atomic mass is 9.97. The molecule has 3 heterocycles. The lowest BCUT2D eigenvalue weighted by Gasteiger charge is -2.26. The van der Waals surface area contributed by atoms with Crippen molar-refractivity contribution in [2.45, 2.75) is 66.5 Å². The van der Waals surface area contributed by atoms with Crippen LogP contribution in [-0.4, -0.2) is 37.3 Å². The van der Waals surface area contributed by atoms with Crippen LogP contribution in [0, 0.1) is 27.7 Å². The SMILES string of the molecule is CCCn1nc(C)c(-c2cc(C(=O)N3CCCC3c3cc(C)ccc3C)[nH]n2)c1C. The fraction of sp³-hybridized carbons (Fsp3) is 0.458. The highest BCUT2D eigenvalue weighted by atomic mass is 16.2. The van der Waals surface area contributed by atoms with Gasteiger partial charge in [-0.3, -0.25) is 14.6 Å². The van der Waals surface area contributed by atoms with E-state index >= 15 is 0 Å². The summed E-state index contributed by atoms with van der Waals surface area (Å²) in [6.07, 6.45) is 3.05. The molecule has 1 N–H and O–H groups in total. The van der Waals surface area contributed by atoms with E-state index in [0.29, 0.717) is 5.69 Å². The highest BCUT2D eigenvalue weighted by Crippen LogP contribution is 2.35. The van der Waals surface area contributed by atoms with Crippen LogP contribution in [0.2, 0.25) is 0 Å². The molecular weight excluding hydrogens is 374 g/mol. The molecular formula is C24H31N5O. The van der Waals surface area contributed by atoms with Crippen LogP contribution in [0.15, 0.2) is 24.3 Å². The predicted molar refractivity (Wildman–Crippen MR) is 119 cm³/mol. The number of aromatic nitrogens is 4. The summed E-state index contributed by atoms with van der Waals surface area (Å²) in [5.74, 6) is 0.0217. The number of aromatic amines is 1. The number of benzene rings is 1. The molecule has 4 rings (SSSR count). The monoisotopic (exact) mass is 405 g/mol. The molecule has 30 heavy (non-hydrogen) atoms. The van der Waals surface area contributed by atoms with Gasteiger partial charge in [-0.15, -0.1) is 0 Å². The molecule has 1 aliphatic heterocycles. The van der Waals surface area contributed by atoms with Crippen LogP contribution in [0.5, 0.6) is 0 Å². The van der Waals surface area contributed by atoms with Crippen molar-refractivity contribution < 1.29 is 4.79 Å². The van der Waals surface area contributed by atoms with Crippen molar-refractivity contribution in [3.8, 4) is 11.3 Å². The van der Waals surface area contributed by atoms with Crippen molar-refractivity contribution in [3.63, 3.8) is 0 Å². The Morgan fingerprint density at radius 1 is 1.20 bits per heavy atom. The number of rotatable bonds is 5. The maximum absolute atomic E-state index is 13.4. The van der Waals surface area contributed by atoms with Crippen LogP contribution in [0.4, 0.5) is 0 Å². The second kappa shape index (κ2) is 8.09. The number of H-pyrrole nitrogens is 1. The normalized spacial score (nSPS) is 16.4. The highest BCUT2D eigenvalue weighted by Gasteiger charge is 2.32. The standard InChI is InChI=1S/C24H31N5O/c1-6-11-29-18(5)23(17(4)27-29)20-14-21(26-25-20)24(30)28-12-7-8-22(28)19-13-15(2)9-10-16(19)3/h9-10,13-14,22H,6-8,11-12H2,1-5H3,(H,25,26). The first-order chi connectivity index (χ1) is 14.4. The summed E-state index contributed by atoms with van der Waals surface area (Å²) in [5, 5.41) is 12.1. The van der Waals surface area contributed by atoms with E-state index in [1.165, 1.54) is 16.7 Å². The van der Waals surface area contributed by atoms with Gasteiger partial charge in [-0.2, -0.15) is 10.2 Å². The molecule has 158 valence electrons. The van der Waals surface area contributed by atoms with Crippen LogP contribution in [0.3, 0.4) is 0 Å². The first kappa shape index (κ1) is 20.4. The minimum absolute atomic E-state index is 0.0217. The Kier molecular flexibility index (Phi) is 5.50. The summed E-state index contributed by atoms with van der Waals surface area (Å²) >= 11 is 0. The maximum atomic E-state index is 13.4. The number of nitrogens with one attached hydrogen (secondary N) is 1. The topological polar surface area (TPSA) is 66.8 Å². The molecule has 2 aromatic heterocycles. The fourth-order valence-corrected chi connectivity index (χ4v) is 4.66. The van der Waals surface area contributed by atoms with Gasteiger partial charge in [-0.05, 0) is 64.2 Å². The van der Waals surface area contributed by atoms with Crippen molar-refractivity contribution in [3.05, 3.63) is 58.0 Å². The molecule has 1 aromatic carbocycles. The van der Waals surface area contributed by atoms with Gasteiger partial charge in [0, 0.05) is 24.3 Å². The Bertz CT molecular complexity index is 1080. The molecule has 1 atom stereocenters. The molecule has 0 aliphatic carbocycles. The number of carbonyl (C=O) groups excluding carboxylic acids is 1. The number of amides is 1. The van der Waals surface area contributed by atoms with E-state index in [4.69, 9.17) is 0 Å². The van der Waals surface area contributed by atoms with Gasteiger partial charge in [0.15, 0.2) is 0 Å². The number of likely N-dealkylation sites (tertiary alicyclic amines) is 1. The van der Waals surface area contributed by atoms with E-state index in [1.54, 1.807) is 0 Å². The molecule has 1 unspecified atom stereocenters. The van der Waals surface area contributed by atoms with Crippen LogP contribution in [-0.2, 0) is 6.54 Å². The van der Waals surface area contributed by atoms with Crippen molar-refractivity contribution in [2.24, 2.45) is 0 Å². The molecule has 0 bridgehead atoms. The molecule has 6 heteroatoms. The minimum atomic E-state index is 0.0217. The van der Waals surface area contributed by atoms with Gasteiger partial charge in [-0.1, -0.05) is 30.7 Å². The number of aryl methyl sites for hydroxylation is 4. The summed E-state index contributed by atoms with van der Waals surface area (Å²) < 4.78 is 2.03. The first-order valence-electron chi connectivity index (χ1n) is 10.9. The number of hydrogen-bond donors (Lipinski definition) is 1. The molecule has 1 amide bonds. The Labute approximate surface area is 178 Å². The van der Waals surface area contributed by atoms with Crippen molar-refractivity contribution in [1.29, 1.82) is 0 Å². The quantitative estimate of drug-likeness (QED) is 0.657. The molecule has 0 saturated carbocycles. The summed E-state index contributed by atoms with van der Waals surface area (Å²) in [7, 11) is 0. The van der Waals surface area contributed by atoms with Crippen molar-refractivity contribution in [1.82, 2.24) is 24.9 Å².